The second kappa shape index (κ2) is 6.46. The Hall–Kier alpha value is -3.04. The molecule has 0 N–H and O–H groups in total. The Kier molecular flexibility index (Phi) is 4.34. The second-order valence-corrected chi connectivity index (χ2v) is 6.10. The largest absolute Gasteiger partial charge is 0.465 e. The number of benzene rings is 2. The van der Waals surface area contributed by atoms with Crippen molar-refractivity contribution in [3.8, 4) is 0 Å². The van der Waals surface area contributed by atoms with Gasteiger partial charge in [0, 0.05) is 4.91 Å². The number of carbonyl (C=O) groups excluding carboxylic acids is 1. The summed E-state index contributed by atoms with van der Waals surface area (Å²) in [7, 11) is 0. The molecule has 0 aromatic heterocycles. The minimum Gasteiger partial charge on any atom is -0.465 e. The third kappa shape index (κ3) is 2.79. The molecule has 2 aromatic rings. The van der Waals surface area contributed by atoms with Gasteiger partial charge in [-0.2, -0.15) is 0 Å². The van der Waals surface area contributed by atoms with E-state index in [1.54, 1.807) is 6.92 Å². The predicted octanol–water partition coefficient (Wildman–Crippen LogP) is 4.84. The van der Waals surface area contributed by atoms with E-state index in [9.17, 15) is 4.79 Å². The number of aryl methyl sites for hydroxylation is 2. The number of hydrogen-bond donors (Lipinski definition) is 0. The van der Waals surface area contributed by atoms with Crippen molar-refractivity contribution in [3.63, 3.8) is 0 Å². The van der Waals surface area contributed by atoms with Crippen molar-refractivity contribution in [2.45, 2.75) is 26.3 Å². The number of hydrogen-bond acceptors (Lipinski definition) is 3. The Morgan fingerprint density at radius 3 is 1.80 bits per heavy atom. The van der Waals surface area contributed by atoms with Crippen molar-refractivity contribution in [3.05, 3.63) is 81.2 Å². The van der Waals surface area contributed by atoms with Crippen LogP contribution in [0.3, 0.4) is 0 Å². The topological polar surface area (TPSA) is 75.1 Å². The van der Waals surface area contributed by atoms with E-state index in [1.807, 2.05) is 62.4 Å². The molecule has 2 aromatic carbocycles. The summed E-state index contributed by atoms with van der Waals surface area (Å²) in [6.45, 7) is 5.96. The number of esters is 1. The van der Waals surface area contributed by atoms with Gasteiger partial charge in [-0.3, -0.25) is 4.79 Å². The van der Waals surface area contributed by atoms with Crippen LogP contribution in [0.25, 0.3) is 21.6 Å². The molecule has 0 aliphatic heterocycles. The lowest BCUT2D eigenvalue weighted by Gasteiger charge is -2.13. The van der Waals surface area contributed by atoms with Gasteiger partial charge in [0.05, 0.1) is 6.61 Å². The molecule has 0 atom stereocenters. The quantitative estimate of drug-likeness (QED) is 0.340. The van der Waals surface area contributed by atoms with Crippen molar-refractivity contribution >= 4 is 17.1 Å². The molecule has 0 spiro atoms. The fourth-order valence-corrected chi connectivity index (χ4v) is 3.07. The molecule has 126 valence electrons. The van der Waals surface area contributed by atoms with Gasteiger partial charge in [-0.05, 0) is 48.6 Å². The Morgan fingerprint density at radius 1 is 1.00 bits per heavy atom. The van der Waals surface area contributed by atoms with Crippen LogP contribution >= 0.6 is 0 Å². The molecule has 0 unspecified atom stereocenters. The maximum atomic E-state index is 12.7. The smallest absolute Gasteiger partial charge is 0.327 e. The van der Waals surface area contributed by atoms with Gasteiger partial charge in [0.25, 0.3) is 0 Å². The summed E-state index contributed by atoms with van der Waals surface area (Å²) < 4.78 is 5.23. The zero-order chi connectivity index (χ0) is 18.0. The van der Waals surface area contributed by atoms with Crippen molar-refractivity contribution in [1.82, 2.24) is 0 Å². The summed E-state index contributed by atoms with van der Waals surface area (Å²) >= 11 is 0. The van der Waals surface area contributed by atoms with Gasteiger partial charge in [0.2, 0.25) is 0 Å². The minimum atomic E-state index is -1.38. The van der Waals surface area contributed by atoms with Gasteiger partial charge in [-0.25, -0.2) is 0 Å². The molecular formula is C20H19N3O2. The maximum absolute atomic E-state index is 12.7. The number of ether oxygens (including phenoxy) is 1. The van der Waals surface area contributed by atoms with Gasteiger partial charge in [-0.1, -0.05) is 64.8 Å². The van der Waals surface area contributed by atoms with Crippen LogP contribution in [0.1, 0.15) is 29.2 Å². The van der Waals surface area contributed by atoms with Crippen molar-refractivity contribution < 1.29 is 9.53 Å². The van der Waals surface area contributed by atoms with E-state index in [-0.39, 0.29) is 6.61 Å². The molecule has 3 rings (SSSR count). The summed E-state index contributed by atoms with van der Waals surface area (Å²) in [6, 6.07) is 15.6. The monoisotopic (exact) mass is 333 g/mol. The SMILES string of the molecule is CCOC(=O)C1(N=[N+]=[N-])C(c2ccc(C)cc2)=C1c1ccc(C)cc1. The van der Waals surface area contributed by atoms with Gasteiger partial charge in [-0.15, -0.1) is 0 Å². The lowest BCUT2D eigenvalue weighted by Crippen LogP contribution is -2.27. The average molecular weight is 333 g/mol. The van der Waals surface area contributed by atoms with Crippen molar-refractivity contribution in [2.75, 3.05) is 6.61 Å². The van der Waals surface area contributed by atoms with E-state index in [1.165, 1.54) is 0 Å². The first-order valence-electron chi connectivity index (χ1n) is 8.17. The number of carbonyl (C=O) groups is 1. The molecular weight excluding hydrogens is 314 g/mol. The molecule has 0 saturated carbocycles. The molecule has 0 radical (unpaired) electrons. The zero-order valence-corrected chi connectivity index (χ0v) is 14.5. The summed E-state index contributed by atoms with van der Waals surface area (Å²) in [5.41, 5.74) is 13.1. The average Bonchev–Trinajstić information content (AvgIpc) is 3.26. The van der Waals surface area contributed by atoms with E-state index in [0.29, 0.717) is 11.1 Å². The maximum Gasteiger partial charge on any atom is 0.327 e. The highest BCUT2D eigenvalue weighted by atomic mass is 16.5. The molecule has 25 heavy (non-hydrogen) atoms. The molecule has 1 aliphatic carbocycles. The van der Waals surface area contributed by atoms with Crippen LogP contribution in [0.15, 0.2) is 53.6 Å². The van der Waals surface area contributed by atoms with E-state index >= 15 is 0 Å². The number of nitrogens with zero attached hydrogens (tertiary/aromatic N) is 3. The van der Waals surface area contributed by atoms with Crippen molar-refractivity contribution in [2.24, 2.45) is 5.11 Å². The van der Waals surface area contributed by atoms with Crippen molar-refractivity contribution in [1.29, 1.82) is 0 Å². The first-order chi connectivity index (χ1) is 12.0. The molecule has 0 heterocycles. The Bertz CT molecular complexity index is 834. The van der Waals surface area contributed by atoms with Crippen LogP contribution in [0.5, 0.6) is 0 Å². The Morgan fingerprint density at radius 2 is 1.44 bits per heavy atom. The molecule has 0 fully saturated rings. The Labute approximate surface area is 146 Å². The molecule has 0 bridgehead atoms. The minimum absolute atomic E-state index is 0.226. The van der Waals surface area contributed by atoms with Crippen LogP contribution < -0.4 is 0 Å². The van der Waals surface area contributed by atoms with Crippen LogP contribution in [-0.4, -0.2) is 18.1 Å². The van der Waals surface area contributed by atoms with Gasteiger partial charge >= 0.3 is 5.97 Å². The molecule has 0 saturated heterocycles. The second-order valence-electron chi connectivity index (χ2n) is 6.10. The van der Waals surface area contributed by atoms with Crippen LogP contribution in [0.4, 0.5) is 0 Å². The highest BCUT2D eigenvalue weighted by Gasteiger charge is 2.61. The van der Waals surface area contributed by atoms with E-state index in [0.717, 1.165) is 22.3 Å². The van der Waals surface area contributed by atoms with Gasteiger partial charge < -0.3 is 4.74 Å². The first-order valence-corrected chi connectivity index (χ1v) is 8.17. The third-order valence-electron chi connectivity index (χ3n) is 4.36. The zero-order valence-electron chi connectivity index (χ0n) is 14.5. The highest BCUT2D eigenvalue weighted by molar-refractivity contribution is 6.31. The van der Waals surface area contributed by atoms with E-state index in [2.05, 4.69) is 10.0 Å². The molecule has 5 heteroatoms. The molecule has 1 aliphatic rings. The van der Waals surface area contributed by atoms with Gasteiger partial charge in [0.15, 0.2) is 5.54 Å². The fraction of sp³-hybridized carbons (Fsp3) is 0.250. The Balaban J connectivity index is 2.17. The van der Waals surface area contributed by atoms with E-state index < -0.39 is 11.5 Å². The lowest BCUT2D eigenvalue weighted by atomic mass is 10.0. The van der Waals surface area contributed by atoms with Crippen LogP contribution in [0.2, 0.25) is 0 Å². The lowest BCUT2D eigenvalue weighted by molar-refractivity contribution is -0.144. The summed E-state index contributed by atoms with van der Waals surface area (Å²) in [5, 5.41) is 3.88. The summed E-state index contributed by atoms with van der Waals surface area (Å²) in [6.07, 6.45) is 0. The fourth-order valence-electron chi connectivity index (χ4n) is 3.07. The van der Waals surface area contributed by atoms with E-state index in [4.69, 9.17) is 10.3 Å². The first kappa shape index (κ1) is 16.8. The van der Waals surface area contributed by atoms with Crippen LogP contribution in [0, 0.1) is 13.8 Å². The third-order valence-corrected chi connectivity index (χ3v) is 4.36. The summed E-state index contributed by atoms with van der Waals surface area (Å²) in [4.78, 5) is 15.6. The highest BCUT2D eigenvalue weighted by Crippen LogP contribution is 2.60. The van der Waals surface area contributed by atoms with Crippen LogP contribution in [-0.2, 0) is 9.53 Å². The standard InChI is InChI=1S/C20H19N3O2/c1-4-25-19(24)20(22-23-21)17(15-9-5-13(2)6-10-15)18(20)16-11-7-14(3)8-12-16/h5-12H,4H2,1-3H3. The number of azide groups is 1. The predicted molar refractivity (Wildman–Crippen MR) is 97.7 cm³/mol. The number of rotatable bonds is 5. The normalized spacial score (nSPS) is 14.7. The van der Waals surface area contributed by atoms with Gasteiger partial charge in [0.1, 0.15) is 0 Å². The molecule has 5 nitrogen and oxygen atoms in total. The molecule has 0 amide bonds. The summed E-state index contributed by atoms with van der Waals surface area (Å²) in [5.74, 6) is -0.529.